The van der Waals surface area contributed by atoms with Gasteiger partial charge >= 0.3 is 0 Å². The Labute approximate surface area is 155 Å². The number of nitrogens with zero attached hydrogens (tertiary/aromatic N) is 1. The van der Waals surface area contributed by atoms with E-state index < -0.39 is 0 Å². The summed E-state index contributed by atoms with van der Waals surface area (Å²) in [5.41, 5.74) is 8.73. The number of fused-ring (bicyclic) bond motifs is 1. The molecule has 2 nitrogen and oxygen atoms in total. The van der Waals surface area contributed by atoms with E-state index in [1.807, 2.05) is 6.20 Å². The summed E-state index contributed by atoms with van der Waals surface area (Å²) in [6.45, 7) is 5.13. The first-order valence-corrected chi connectivity index (χ1v) is 9.29. The van der Waals surface area contributed by atoms with Crippen LogP contribution in [0.15, 0.2) is 83.6 Å². The molecule has 1 heterocycles. The Hall–Kier alpha value is -2.87. The summed E-state index contributed by atoms with van der Waals surface area (Å²) < 4.78 is 0. The normalized spacial score (nSPS) is 18.1. The van der Waals surface area contributed by atoms with Crippen molar-refractivity contribution in [1.29, 1.82) is 0 Å². The monoisotopic (exact) mass is 340 g/mol. The number of allylic oxidation sites excluding steroid dienone is 4. The Morgan fingerprint density at radius 2 is 1.69 bits per heavy atom. The molecular weight excluding hydrogens is 316 g/mol. The van der Waals surface area contributed by atoms with Gasteiger partial charge in [0.15, 0.2) is 0 Å². The van der Waals surface area contributed by atoms with E-state index >= 15 is 0 Å². The second-order valence-corrected chi connectivity index (χ2v) is 6.96. The van der Waals surface area contributed by atoms with Crippen LogP contribution in [0.25, 0.3) is 5.57 Å². The first-order valence-electron chi connectivity index (χ1n) is 9.29. The Balaban J connectivity index is 1.41. The largest absolute Gasteiger partial charge is 0.381 e. The number of nitrogens with one attached hydrogen (secondary N) is 1. The molecule has 2 aromatic rings. The Morgan fingerprint density at radius 3 is 2.42 bits per heavy atom. The fourth-order valence-electron chi connectivity index (χ4n) is 3.41. The highest BCUT2D eigenvalue weighted by Gasteiger charge is 2.24. The zero-order chi connectivity index (χ0) is 17.9. The molecule has 4 rings (SSSR count). The van der Waals surface area contributed by atoms with Gasteiger partial charge in [-0.05, 0) is 47.8 Å². The molecule has 130 valence electrons. The summed E-state index contributed by atoms with van der Waals surface area (Å²) >= 11 is 0. The lowest BCUT2D eigenvalue weighted by Gasteiger charge is -2.18. The van der Waals surface area contributed by atoms with Gasteiger partial charge in [0.2, 0.25) is 0 Å². The summed E-state index contributed by atoms with van der Waals surface area (Å²) in [7, 11) is 0. The van der Waals surface area contributed by atoms with Crippen LogP contribution in [0.1, 0.15) is 29.2 Å². The first kappa shape index (κ1) is 16.6. The lowest BCUT2D eigenvalue weighted by molar-refractivity contribution is 0.828. The minimum Gasteiger partial charge on any atom is -0.381 e. The number of aryl methyl sites for hydroxylation is 2. The van der Waals surface area contributed by atoms with Crippen molar-refractivity contribution in [2.75, 3.05) is 0 Å². The van der Waals surface area contributed by atoms with Crippen LogP contribution in [0.2, 0.25) is 0 Å². The maximum absolute atomic E-state index is 4.65. The predicted molar refractivity (Wildman–Crippen MR) is 110 cm³/mol. The number of hydrogen-bond acceptors (Lipinski definition) is 2. The number of rotatable bonds is 5. The summed E-state index contributed by atoms with van der Waals surface area (Å²) in [4.78, 5) is 4.65. The van der Waals surface area contributed by atoms with Gasteiger partial charge in [-0.2, -0.15) is 0 Å². The van der Waals surface area contributed by atoms with Crippen LogP contribution >= 0.6 is 0 Å². The van der Waals surface area contributed by atoms with Crippen molar-refractivity contribution in [3.05, 3.63) is 101 Å². The maximum Gasteiger partial charge on any atom is 0.0537 e. The third-order valence-electron chi connectivity index (χ3n) is 5.09. The van der Waals surface area contributed by atoms with Crippen molar-refractivity contribution in [2.24, 2.45) is 10.9 Å². The van der Waals surface area contributed by atoms with Gasteiger partial charge in [-0.25, -0.2) is 0 Å². The van der Waals surface area contributed by atoms with E-state index in [1.54, 1.807) is 0 Å². The third-order valence-corrected chi connectivity index (χ3v) is 5.09. The van der Waals surface area contributed by atoms with Crippen molar-refractivity contribution in [1.82, 2.24) is 5.32 Å². The number of aliphatic imine (C=N–C) groups is 1. The van der Waals surface area contributed by atoms with Gasteiger partial charge < -0.3 is 5.32 Å². The van der Waals surface area contributed by atoms with Crippen LogP contribution in [0.5, 0.6) is 0 Å². The summed E-state index contributed by atoms with van der Waals surface area (Å²) in [6, 6.07) is 17.5. The summed E-state index contributed by atoms with van der Waals surface area (Å²) in [5.74, 6) is 0.270. The molecule has 2 aromatic carbocycles. The SMILES string of the molecule is CCc1ccc(CNC2=CC3=NC=C(c4ccc(C)cc4)C3C=C2)cc1. The molecule has 1 aliphatic carbocycles. The minimum absolute atomic E-state index is 0.270. The van der Waals surface area contributed by atoms with Gasteiger partial charge in [-0.3, -0.25) is 4.99 Å². The van der Waals surface area contributed by atoms with E-state index in [9.17, 15) is 0 Å². The lowest BCUT2D eigenvalue weighted by atomic mass is 9.87. The molecule has 1 unspecified atom stereocenters. The molecule has 0 amide bonds. The molecule has 2 heteroatoms. The van der Waals surface area contributed by atoms with Gasteiger partial charge in [0.05, 0.1) is 5.71 Å². The van der Waals surface area contributed by atoms with Crippen LogP contribution in [0.4, 0.5) is 0 Å². The van der Waals surface area contributed by atoms with Gasteiger partial charge in [0.1, 0.15) is 0 Å². The fraction of sp³-hybridized carbons (Fsp3) is 0.208. The third kappa shape index (κ3) is 3.41. The van der Waals surface area contributed by atoms with Crippen molar-refractivity contribution < 1.29 is 0 Å². The minimum atomic E-state index is 0.270. The number of benzene rings is 2. The molecule has 1 atom stereocenters. The van der Waals surface area contributed by atoms with E-state index in [0.29, 0.717) is 0 Å². The number of hydrogen-bond donors (Lipinski definition) is 1. The van der Waals surface area contributed by atoms with E-state index in [0.717, 1.165) is 24.4 Å². The topological polar surface area (TPSA) is 24.4 Å². The van der Waals surface area contributed by atoms with Crippen molar-refractivity contribution >= 4 is 11.3 Å². The van der Waals surface area contributed by atoms with E-state index in [-0.39, 0.29) is 5.92 Å². The molecular formula is C24H24N2. The van der Waals surface area contributed by atoms with Crippen LogP contribution in [-0.4, -0.2) is 5.71 Å². The van der Waals surface area contributed by atoms with E-state index in [2.05, 4.69) is 90.9 Å². The molecule has 26 heavy (non-hydrogen) atoms. The van der Waals surface area contributed by atoms with Gasteiger partial charge in [-0.1, -0.05) is 67.1 Å². The molecule has 0 saturated carbocycles. The molecule has 0 saturated heterocycles. The molecule has 1 N–H and O–H groups in total. The highest BCUT2D eigenvalue weighted by Crippen LogP contribution is 2.33. The van der Waals surface area contributed by atoms with Crippen LogP contribution in [-0.2, 0) is 13.0 Å². The van der Waals surface area contributed by atoms with Gasteiger partial charge in [0.25, 0.3) is 0 Å². The summed E-state index contributed by atoms with van der Waals surface area (Å²) in [5, 5.41) is 3.52. The maximum atomic E-state index is 4.65. The molecule has 2 aliphatic rings. The fourth-order valence-corrected chi connectivity index (χ4v) is 3.41. The average Bonchev–Trinajstić information content (AvgIpc) is 3.10. The zero-order valence-corrected chi connectivity index (χ0v) is 15.4. The second-order valence-electron chi connectivity index (χ2n) is 6.96. The van der Waals surface area contributed by atoms with Crippen LogP contribution in [0, 0.1) is 12.8 Å². The van der Waals surface area contributed by atoms with Gasteiger partial charge in [0, 0.05) is 24.4 Å². The van der Waals surface area contributed by atoms with E-state index in [1.165, 1.54) is 27.8 Å². The molecule has 1 aliphatic heterocycles. The Kier molecular flexibility index (Phi) is 4.57. The van der Waals surface area contributed by atoms with Crippen molar-refractivity contribution in [3.63, 3.8) is 0 Å². The van der Waals surface area contributed by atoms with E-state index in [4.69, 9.17) is 0 Å². The van der Waals surface area contributed by atoms with Crippen molar-refractivity contribution in [3.8, 4) is 0 Å². The smallest absolute Gasteiger partial charge is 0.0537 e. The highest BCUT2D eigenvalue weighted by atomic mass is 14.9. The highest BCUT2D eigenvalue weighted by molar-refractivity contribution is 6.10. The predicted octanol–water partition coefficient (Wildman–Crippen LogP) is 5.21. The van der Waals surface area contributed by atoms with Crippen LogP contribution in [0.3, 0.4) is 0 Å². The Bertz CT molecular complexity index is 910. The standard InChI is InChI=1S/C24H24N2/c1-3-18-6-8-19(9-7-18)15-25-21-12-13-22-23(16-26-24(22)14-21)20-10-4-17(2)5-11-20/h4-14,16,22,25H,3,15H2,1-2H3. The molecule has 0 radical (unpaired) electrons. The average molecular weight is 340 g/mol. The lowest BCUT2D eigenvalue weighted by Crippen LogP contribution is -2.19. The first-order chi connectivity index (χ1) is 12.7. The summed E-state index contributed by atoms with van der Waals surface area (Å²) in [6.07, 6.45) is 9.69. The second kappa shape index (κ2) is 7.17. The Morgan fingerprint density at radius 1 is 0.962 bits per heavy atom. The molecule has 0 bridgehead atoms. The molecule has 0 spiro atoms. The molecule has 0 fully saturated rings. The van der Waals surface area contributed by atoms with Gasteiger partial charge in [-0.15, -0.1) is 0 Å². The van der Waals surface area contributed by atoms with Crippen molar-refractivity contribution in [2.45, 2.75) is 26.8 Å². The van der Waals surface area contributed by atoms with Crippen LogP contribution < -0.4 is 5.32 Å². The molecule has 0 aromatic heterocycles. The zero-order valence-electron chi connectivity index (χ0n) is 15.4. The quantitative estimate of drug-likeness (QED) is 0.793.